The van der Waals surface area contributed by atoms with Crippen LogP contribution in [0.2, 0.25) is 0 Å². The zero-order valence-corrected chi connectivity index (χ0v) is 7.82. The Hall–Kier alpha value is -0.0900. The summed E-state index contributed by atoms with van der Waals surface area (Å²) < 4.78 is 21.9. The molecule has 0 aromatic rings. The van der Waals surface area contributed by atoms with E-state index in [9.17, 15) is 8.42 Å². The normalized spacial score (nSPS) is 31.5. The molecular formula is C7H15NO2S. The Balaban J connectivity index is 2.30. The minimum absolute atomic E-state index is 0.0773. The van der Waals surface area contributed by atoms with Gasteiger partial charge in [0.15, 0.2) is 0 Å². The Morgan fingerprint density at radius 2 is 2.00 bits per heavy atom. The number of nitrogens with one attached hydrogen (secondary N) is 1. The summed E-state index contributed by atoms with van der Waals surface area (Å²) in [5.41, 5.74) is 0. The van der Waals surface area contributed by atoms with Crippen LogP contribution in [-0.4, -0.2) is 32.5 Å². The summed E-state index contributed by atoms with van der Waals surface area (Å²) in [7, 11) is -2.76. The maximum absolute atomic E-state index is 10.9. The van der Waals surface area contributed by atoms with Gasteiger partial charge in [-0.15, -0.1) is 0 Å². The standard InChI is InChI=1S/C7H15NO2S/c1-3-8-6-4-7(5-6)11(2,9)10/h6-8H,3-5H2,1-2H3/t6-,7+. The van der Waals surface area contributed by atoms with Gasteiger partial charge in [-0.25, -0.2) is 8.42 Å². The minimum atomic E-state index is -2.76. The number of rotatable bonds is 3. The molecule has 1 saturated carbocycles. The Morgan fingerprint density at radius 3 is 2.36 bits per heavy atom. The van der Waals surface area contributed by atoms with Crippen LogP contribution in [0.15, 0.2) is 0 Å². The van der Waals surface area contributed by atoms with Gasteiger partial charge in [-0.2, -0.15) is 0 Å². The summed E-state index contributed by atoms with van der Waals surface area (Å²) >= 11 is 0. The van der Waals surface area contributed by atoms with Crippen LogP contribution < -0.4 is 5.32 Å². The SMILES string of the molecule is CCN[C@H]1C[C@@H](S(C)(=O)=O)C1. The van der Waals surface area contributed by atoms with Gasteiger partial charge >= 0.3 is 0 Å². The molecule has 0 saturated heterocycles. The van der Waals surface area contributed by atoms with Crippen molar-refractivity contribution >= 4 is 9.84 Å². The minimum Gasteiger partial charge on any atom is -0.314 e. The summed E-state index contributed by atoms with van der Waals surface area (Å²) in [6.07, 6.45) is 2.92. The molecular weight excluding hydrogens is 162 g/mol. The monoisotopic (exact) mass is 177 g/mol. The highest BCUT2D eigenvalue weighted by molar-refractivity contribution is 7.91. The Labute approximate surface area is 68.1 Å². The van der Waals surface area contributed by atoms with E-state index in [0.29, 0.717) is 6.04 Å². The van der Waals surface area contributed by atoms with Crippen LogP contribution in [0.25, 0.3) is 0 Å². The molecule has 0 heterocycles. The smallest absolute Gasteiger partial charge is 0.150 e. The zero-order valence-electron chi connectivity index (χ0n) is 7.00. The van der Waals surface area contributed by atoms with Crippen molar-refractivity contribution in [1.29, 1.82) is 0 Å². The summed E-state index contributed by atoms with van der Waals surface area (Å²) in [6, 6.07) is 0.444. The van der Waals surface area contributed by atoms with Gasteiger partial charge < -0.3 is 5.32 Å². The van der Waals surface area contributed by atoms with Crippen molar-refractivity contribution in [3.8, 4) is 0 Å². The molecule has 0 amide bonds. The molecule has 0 bridgehead atoms. The van der Waals surface area contributed by atoms with Crippen LogP contribution in [0, 0.1) is 0 Å². The Kier molecular flexibility index (Phi) is 2.54. The zero-order chi connectivity index (χ0) is 8.48. The van der Waals surface area contributed by atoms with E-state index in [1.165, 1.54) is 6.26 Å². The lowest BCUT2D eigenvalue weighted by Gasteiger charge is -2.34. The van der Waals surface area contributed by atoms with Gasteiger partial charge in [-0.05, 0) is 19.4 Å². The van der Waals surface area contributed by atoms with Crippen molar-refractivity contribution in [3.05, 3.63) is 0 Å². The lowest BCUT2D eigenvalue weighted by molar-refractivity contribution is 0.346. The first-order valence-electron chi connectivity index (χ1n) is 3.96. The predicted molar refractivity (Wildman–Crippen MR) is 45.3 cm³/mol. The van der Waals surface area contributed by atoms with Gasteiger partial charge in [-0.1, -0.05) is 6.92 Å². The quantitative estimate of drug-likeness (QED) is 0.668. The van der Waals surface area contributed by atoms with Crippen LogP contribution >= 0.6 is 0 Å². The van der Waals surface area contributed by atoms with Crippen LogP contribution in [0.1, 0.15) is 19.8 Å². The molecule has 1 rings (SSSR count). The lowest BCUT2D eigenvalue weighted by Crippen LogP contribution is -2.47. The molecule has 0 spiro atoms. The fraction of sp³-hybridized carbons (Fsp3) is 1.00. The molecule has 0 unspecified atom stereocenters. The molecule has 0 atom stereocenters. The molecule has 3 nitrogen and oxygen atoms in total. The third kappa shape index (κ3) is 2.17. The van der Waals surface area contributed by atoms with Crippen molar-refractivity contribution in [3.63, 3.8) is 0 Å². The summed E-state index contributed by atoms with van der Waals surface area (Å²) in [4.78, 5) is 0. The van der Waals surface area contributed by atoms with Crippen LogP contribution in [-0.2, 0) is 9.84 Å². The number of hydrogen-bond donors (Lipinski definition) is 1. The van der Waals surface area contributed by atoms with Crippen molar-refractivity contribution in [2.24, 2.45) is 0 Å². The second-order valence-corrected chi connectivity index (χ2v) is 5.50. The third-order valence-electron chi connectivity index (χ3n) is 2.19. The van der Waals surface area contributed by atoms with Crippen molar-refractivity contribution < 1.29 is 8.42 Å². The van der Waals surface area contributed by atoms with E-state index in [0.717, 1.165) is 19.4 Å². The molecule has 4 heteroatoms. The molecule has 1 fully saturated rings. The largest absolute Gasteiger partial charge is 0.314 e. The number of sulfone groups is 1. The molecule has 1 N–H and O–H groups in total. The molecule has 66 valence electrons. The van der Waals surface area contributed by atoms with Crippen molar-refractivity contribution in [2.75, 3.05) is 12.8 Å². The summed E-state index contributed by atoms with van der Waals surface area (Å²) in [6.45, 7) is 2.97. The topological polar surface area (TPSA) is 46.2 Å². The van der Waals surface area contributed by atoms with Crippen LogP contribution in [0.5, 0.6) is 0 Å². The first-order chi connectivity index (χ1) is 5.04. The van der Waals surface area contributed by atoms with E-state index in [1.54, 1.807) is 0 Å². The molecule has 1 aliphatic rings. The van der Waals surface area contributed by atoms with Gasteiger partial charge in [0.2, 0.25) is 0 Å². The van der Waals surface area contributed by atoms with Gasteiger partial charge in [0.05, 0.1) is 5.25 Å². The molecule has 1 aliphatic carbocycles. The average Bonchev–Trinajstić information content (AvgIpc) is 1.74. The fourth-order valence-corrected chi connectivity index (χ4v) is 2.53. The van der Waals surface area contributed by atoms with Gasteiger partial charge in [-0.3, -0.25) is 0 Å². The van der Waals surface area contributed by atoms with E-state index in [2.05, 4.69) is 5.32 Å². The van der Waals surface area contributed by atoms with E-state index < -0.39 is 9.84 Å². The second-order valence-electron chi connectivity index (χ2n) is 3.18. The Morgan fingerprint density at radius 1 is 1.45 bits per heavy atom. The highest BCUT2D eigenvalue weighted by Crippen LogP contribution is 2.25. The average molecular weight is 177 g/mol. The maximum atomic E-state index is 10.9. The van der Waals surface area contributed by atoms with Gasteiger partial charge in [0.25, 0.3) is 0 Å². The van der Waals surface area contributed by atoms with E-state index >= 15 is 0 Å². The van der Waals surface area contributed by atoms with Crippen LogP contribution in [0.4, 0.5) is 0 Å². The maximum Gasteiger partial charge on any atom is 0.150 e. The highest BCUT2D eigenvalue weighted by atomic mass is 32.2. The summed E-state index contributed by atoms with van der Waals surface area (Å²) in [5.74, 6) is 0. The molecule has 0 radical (unpaired) electrons. The van der Waals surface area contributed by atoms with Gasteiger partial charge in [0, 0.05) is 12.3 Å². The van der Waals surface area contributed by atoms with Crippen molar-refractivity contribution in [1.82, 2.24) is 5.32 Å². The third-order valence-corrected chi connectivity index (χ3v) is 3.79. The van der Waals surface area contributed by atoms with Crippen LogP contribution in [0.3, 0.4) is 0 Å². The lowest BCUT2D eigenvalue weighted by atomic mass is 9.92. The second kappa shape index (κ2) is 3.11. The molecule has 11 heavy (non-hydrogen) atoms. The Bertz CT molecular complexity index is 217. The first-order valence-corrected chi connectivity index (χ1v) is 5.91. The highest BCUT2D eigenvalue weighted by Gasteiger charge is 2.35. The van der Waals surface area contributed by atoms with E-state index in [4.69, 9.17) is 0 Å². The van der Waals surface area contributed by atoms with E-state index in [-0.39, 0.29) is 5.25 Å². The van der Waals surface area contributed by atoms with E-state index in [1.807, 2.05) is 6.92 Å². The summed E-state index contributed by atoms with van der Waals surface area (Å²) in [5, 5.41) is 3.14. The van der Waals surface area contributed by atoms with Gasteiger partial charge in [0.1, 0.15) is 9.84 Å². The number of hydrogen-bond acceptors (Lipinski definition) is 3. The molecule has 0 aliphatic heterocycles. The first kappa shape index (κ1) is 9.00. The predicted octanol–water partition coefficient (Wildman–Crippen LogP) is 0.171. The van der Waals surface area contributed by atoms with Crippen molar-refractivity contribution in [2.45, 2.75) is 31.1 Å². The fourth-order valence-electron chi connectivity index (χ4n) is 1.37. The molecule has 0 aromatic carbocycles. The molecule has 0 aromatic heterocycles.